The second kappa shape index (κ2) is 4.66. The van der Waals surface area contributed by atoms with E-state index in [0.29, 0.717) is 23.3 Å². The zero-order valence-corrected chi connectivity index (χ0v) is 12.3. The van der Waals surface area contributed by atoms with Gasteiger partial charge in [0, 0.05) is 6.92 Å². The summed E-state index contributed by atoms with van der Waals surface area (Å²) in [6.07, 6.45) is 3.18. The van der Waals surface area contributed by atoms with Crippen molar-refractivity contribution in [1.82, 2.24) is 0 Å². The van der Waals surface area contributed by atoms with E-state index in [9.17, 15) is 14.4 Å². The number of hydrogen-bond donors (Lipinski definition) is 0. The van der Waals surface area contributed by atoms with Gasteiger partial charge in [-0.05, 0) is 55.4 Å². The molecule has 22 heavy (non-hydrogen) atoms. The molecule has 4 unspecified atom stereocenters. The summed E-state index contributed by atoms with van der Waals surface area (Å²) in [7, 11) is 0. The smallest absolute Gasteiger partial charge is 0.308 e. The molecule has 0 spiro atoms. The molecular formula is C17H17NO4. The summed E-state index contributed by atoms with van der Waals surface area (Å²) >= 11 is 0. The first-order valence-electron chi connectivity index (χ1n) is 7.72. The van der Waals surface area contributed by atoms with E-state index >= 15 is 0 Å². The third-order valence-electron chi connectivity index (χ3n) is 5.28. The highest BCUT2D eigenvalue weighted by atomic mass is 16.5. The number of hydrogen-bond acceptors (Lipinski definition) is 4. The molecule has 1 aliphatic heterocycles. The Morgan fingerprint density at radius 3 is 2.09 bits per heavy atom. The summed E-state index contributed by atoms with van der Waals surface area (Å²) in [5, 5.41) is 0. The van der Waals surface area contributed by atoms with Crippen molar-refractivity contribution in [1.29, 1.82) is 0 Å². The van der Waals surface area contributed by atoms with Crippen LogP contribution in [0.4, 0.5) is 5.69 Å². The fourth-order valence-electron chi connectivity index (χ4n) is 4.49. The van der Waals surface area contributed by atoms with E-state index in [-0.39, 0.29) is 23.7 Å². The zero-order chi connectivity index (χ0) is 15.4. The predicted molar refractivity (Wildman–Crippen MR) is 78.1 cm³/mol. The van der Waals surface area contributed by atoms with E-state index < -0.39 is 5.97 Å². The Morgan fingerprint density at radius 2 is 1.59 bits per heavy atom. The Morgan fingerprint density at radius 1 is 1.05 bits per heavy atom. The zero-order valence-electron chi connectivity index (χ0n) is 12.3. The topological polar surface area (TPSA) is 63.7 Å². The van der Waals surface area contributed by atoms with Crippen LogP contribution in [0.2, 0.25) is 0 Å². The van der Waals surface area contributed by atoms with E-state index in [4.69, 9.17) is 4.74 Å². The Balaban J connectivity index is 1.62. The number of benzene rings is 1. The molecular weight excluding hydrogens is 282 g/mol. The van der Waals surface area contributed by atoms with E-state index in [1.165, 1.54) is 11.8 Å². The van der Waals surface area contributed by atoms with E-state index in [0.717, 1.165) is 19.3 Å². The molecule has 5 heteroatoms. The molecule has 0 N–H and O–H groups in total. The Kier molecular flexibility index (Phi) is 2.86. The Bertz CT molecular complexity index is 638. The first kappa shape index (κ1) is 13.5. The number of amides is 2. The number of nitrogens with zero attached hydrogens (tertiary/aromatic N) is 1. The predicted octanol–water partition coefficient (Wildman–Crippen LogP) is 2.15. The van der Waals surface area contributed by atoms with Crippen LogP contribution in [0.25, 0.3) is 0 Å². The fourth-order valence-corrected chi connectivity index (χ4v) is 4.49. The van der Waals surface area contributed by atoms with E-state index in [1.54, 1.807) is 24.3 Å². The second-order valence-corrected chi connectivity index (χ2v) is 6.48. The minimum absolute atomic E-state index is 0.0533. The van der Waals surface area contributed by atoms with Gasteiger partial charge in [0.1, 0.15) is 5.75 Å². The van der Waals surface area contributed by atoms with Crippen LogP contribution in [0.3, 0.4) is 0 Å². The van der Waals surface area contributed by atoms with Crippen LogP contribution in [-0.2, 0) is 14.4 Å². The third kappa shape index (κ3) is 1.81. The molecule has 2 bridgehead atoms. The number of carbonyl (C=O) groups is 3. The van der Waals surface area contributed by atoms with Crippen molar-refractivity contribution >= 4 is 23.5 Å². The molecule has 3 fully saturated rings. The molecule has 1 aromatic carbocycles. The highest BCUT2D eigenvalue weighted by Gasteiger charge is 2.61. The van der Waals surface area contributed by atoms with Gasteiger partial charge in [-0.1, -0.05) is 0 Å². The molecule has 114 valence electrons. The van der Waals surface area contributed by atoms with Crippen molar-refractivity contribution in [2.75, 3.05) is 4.90 Å². The molecule has 1 saturated heterocycles. The maximum Gasteiger partial charge on any atom is 0.308 e. The molecule has 0 aromatic heterocycles. The minimum atomic E-state index is -0.396. The first-order valence-corrected chi connectivity index (χ1v) is 7.72. The average Bonchev–Trinajstić information content (AvgIpc) is 3.14. The lowest BCUT2D eigenvalue weighted by Gasteiger charge is -2.19. The molecule has 3 aliphatic rings. The van der Waals surface area contributed by atoms with Crippen molar-refractivity contribution in [3.63, 3.8) is 0 Å². The first-order chi connectivity index (χ1) is 10.6. The van der Waals surface area contributed by atoms with E-state index in [1.807, 2.05) is 0 Å². The number of esters is 1. The van der Waals surface area contributed by atoms with E-state index in [2.05, 4.69) is 0 Å². The van der Waals surface area contributed by atoms with Gasteiger partial charge in [-0.15, -0.1) is 0 Å². The van der Waals surface area contributed by atoms with Gasteiger partial charge >= 0.3 is 5.97 Å². The quantitative estimate of drug-likeness (QED) is 0.477. The average molecular weight is 299 g/mol. The number of anilines is 1. The lowest BCUT2D eigenvalue weighted by atomic mass is 9.81. The molecule has 5 nitrogen and oxygen atoms in total. The summed E-state index contributed by atoms with van der Waals surface area (Å²) < 4.78 is 4.98. The van der Waals surface area contributed by atoms with Crippen molar-refractivity contribution in [2.24, 2.45) is 23.7 Å². The van der Waals surface area contributed by atoms with Crippen molar-refractivity contribution in [3.05, 3.63) is 24.3 Å². The largest absolute Gasteiger partial charge is 0.427 e. The van der Waals surface area contributed by atoms with Crippen molar-refractivity contribution < 1.29 is 19.1 Å². The van der Waals surface area contributed by atoms with Gasteiger partial charge in [0.2, 0.25) is 11.8 Å². The number of fused-ring (bicyclic) bond motifs is 5. The standard InChI is InChI=1S/C17H17NO4/c1-9(19)22-13-6-4-12(5-7-13)18-16(20)14-10-2-3-11(8-10)15(14)17(18)21/h4-7,10-11,14-15H,2-3,8H2,1H3. The van der Waals surface area contributed by atoms with Crippen molar-refractivity contribution in [2.45, 2.75) is 26.2 Å². The molecule has 2 saturated carbocycles. The highest BCUT2D eigenvalue weighted by Crippen LogP contribution is 2.56. The van der Waals surface area contributed by atoms with Crippen LogP contribution in [0.15, 0.2) is 24.3 Å². The monoisotopic (exact) mass is 299 g/mol. The minimum Gasteiger partial charge on any atom is -0.427 e. The van der Waals surface area contributed by atoms with Gasteiger partial charge in [0.25, 0.3) is 0 Å². The van der Waals surface area contributed by atoms with Gasteiger partial charge in [-0.2, -0.15) is 0 Å². The van der Waals surface area contributed by atoms with Gasteiger partial charge in [0.15, 0.2) is 0 Å². The Hall–Kier alpha value is -2.17. The van der Waals surface area contributed by atoms with Crippen molar-refractivity contribution in [3.8, 4) is 5.75 Å². The third-order valence-corrected chi connectivity index (χ3v) is 5.28. The van der Waals surface area contributed by atoms with Gasteiger partial charge in [0.05, 0.1) is 17.5 Å². The fraction of sp³-hybridized carbons (Fsp3) is 0.471. The lowest BCUT2D eigenvalue weighted by molar-refractivity contribution is -0.132. The van der Waals surface area contributed by atoms with Crippen LogP contribution in [0.5, 0.6) is 5.75 Å². The summed E-state index contributed by atoms with van der Waals surface area (Å²) in [6, 6.07) is 6.55. The molecule has 1 aromatic rings. The number of rotatable bonds is 2. The lowest BCUT2D eigenvalue weighted by Crippen LogP contribution is -2.32. The molecule has 4 atom stereocenters. The highest BCUT2D eigenvalue weighted by molar-refractivity contribution is 6.22. The summed E-state index contributed by atoms with van der Waals surface area (Å²) in [4.78, 5) is 37.6. The SMILES string of the molecule is CC(=O)Oc1ccc(N2C(=O)C3C4CCC(C4)C3C2=O)cc1. The summed E-state index contributed by atoms with van der Waals surface area (Å²) in [5.74, 6) is 0.458. The van der Waals surface area contributed by atoms with Gasteiger partial charge in [-0.3, -0.25) is 19.3 Å². The molecule has 2 aliphatic carbocycles. The van der Waals surface area contributed by atoms with Gasteiger partial charge in [-0.25, -0.2) is 0 Å². The second-order valence-electron chi connectivity index (χ2n) is 6.48. The van der Waals surface area contributed by atoms with Crippen LogP contribution in [0, 0.1) is 23.7 Å². The maximum atomic E-state index is 12.7. The van der Waals surface area contributed by atoms with Crippen LogP contribution < -0.4 is 9.64 Å². The molecule has 0 radical (unpaired) electrons. The molecule has 2 amide bonds. The number of ether oxygens (including phenoxy) is 1. The molecule has 4 rings (SSSR count). The Labute approximate surface area is 128 Å². The normalized spacial score (nSPS) is 32.5. The van der Waals surface area contributed by atoms with Gasteiger partial charge < -0.3 is 4.74 Å². The van der Waals surface area contributed by atoms with Crippen LogP contribution >= 0.6 is 0 Å². The maximum absolute atomic E-state index is 12.7. The number of imide groups is 1. The van der Waals surface area contributed by atoms with Crippen LogP contribution in [0.1, 0.15) is 26.2 Å². The summed E-state index contributed by atoms with van der Waals surface area (Å²) in [6.45, 7) is 1.33. The summed E-state index contributed by atoms with van der Waals surface area (Å²) in [5.41, 5.74) is 0.569. The molecule has 1 heterocycles. The van der Waals surface area contributed by atoms with Crippen LogP contribution in [-0.4, -0.2) is 17.8 Å². The number of carbonyl (C=O) groups excluding carboxylic acids is 3.